The average molecular weight is 265 g/mol. The van der Waals surface area contributed by atoms with Crippen molar-refractivity contribution in [1.29, 1.82) is 0 Å². The smallest absolute Gasteiger partial charge is 0.118 e. The van der Waals surface area contributed by atoms with E-state index in [1.807, 2.05) is 25.1 Å². The van der Waals surface area contributed by atoms with E-state index in [2.05, 4.69) is 40.2 Å². The summed E-state index contributed by atoms with van der Waals surface area (Å²) in [4.78, 5) is 0.258. The molecule has 1 aromatic carbocycles. The fourth-order valence-electron chi connectivity index (χ4n) is 1.54. The van der Waals surface area contributed by atoms with Gasteiger partial charge in [0.15, 0.2) is 0 Å². The van der Waals surface area contributed by atoms with Crippen LogP contribution < -0.4 is 0 Å². The molecule has 0 amide bonds. The molecule has 0 spiro atoms. The van der Waals surface area contributed by atoms with Crippen molar-refractivity contribution in [1.82, 2.24) is 0 Å². The second-order valence-electron chi connectivity index (χ2n) is 3.61. The van der Waals surface area contributed by atoms with E-state index in [0.717, 1.165) is 17.9 Å². The van der Waals surface area contributed by atoms with Gasteiger partial charge in [-0.05, 0) is 31.0 Å². The zero-order valence-corrected chi connectivity index (χ0v) is 10.2. The number of aryl methyl sites for hydroxylation is 1. The molecule has 0 saturated heterocycles. The average Bonchev–Trinajstić information content (AvgIpc) is 2.66. The third kappa shape index (κ3) is 2.72. The predicted octanol–water partition coefficient (Wildman–Crippen LogP) is 4.27. The van der Waals surface area contributed by atoms with Crippen LogP contribution in [0.3, 0.4) is 0 Å². The molecule has 1 heterocycles. The van der Waals surface area contributed by atoms with Gasteiger partial charge < -0.3 is 4.42 Å². The van der Waals surface area contributed by atoms with Crippen LogP contribution in [-0.4, -0.2) is 0 Å². The molecule has 0 saturated carbocycles. The van der Waals surface area contributed by atoms with Gasteiger partial charge in [-0.1, -0.05) is 46.3 Å². The number of alkyl halides is 1. The van der Waals surface area contributed by atoms with Crippen LogP contribution >= 0.6 is 15.9 Å². The van der Waals surface area contributed by atoms with E-state index in [4.69, 9.17) is 4.42 Å². The molecule has 1 nitrogen and oxygen atoms in total. The first-order chi connectivity index (χ1) is 7.25. The molecule has 0 radical (unpaired) electrons. The van der Waals surface area contributed by atoms with Gasteiger partial charge >= 0.3 is 0 Å². The van der Waals surface area contributed by atoms with Gasteiger partial charge in [-0.25, -0.2) is 0 Å². The Kier molecular flexibility index (Phi) is 3.27. The Labute approximate surface area is 98.2 Å². The van der Waals surface area contributed by atoms with E-state index in [1.165, 1.54) is 5.56 Å². The lowest BCUT2D eigenvalue weighted by molar-refractivity contribution is 0.481. The van der Waals surface area contributed by atoms with Crippen molar-refractivity contribution < 1.29 is 4.42 Å². The zero-order valence-electron chi connectivity index (χ0n) is 8.61. The SMILES string of the molecule is Cc1ccc(C(Br)Cc2ccccc2)o1. The van der Waals surface area contributed by atoms with Crippen molar-refractivity contribution in [3.8, 4) is 0 Å². The third-order valence-electron chi connectivity index (χ3n) is 2.33. The van der Waals surface area contributed by atoms with Crippen LogP contribution in [0.5, 0.6) is 0 Å². The minimum absolute atomic E-state index is 0.258. The van der Waals surface area contributed by atoms with E-state index < -0.39 is 0 Å². The Balaban J connectivity index is 2.07. The van der Waals surface area contributed by atoms with Gasteiger partial charge in [0.05, 0.1) is 4.83 Å². The molecule has 0 fully saturated rings. The standard InChI is InChI=1S/C13H13BrO/c1-10-7-8-13(15-10)12(14)9-11-5-3-2-4-6-11/h2-8,12H,9H2,1H3. The molecule has 1 unspecified atom stereocenters. The summed E-state index contributed by atoms with van der Waals surface area (Å²) in [7, 11) is 0. The number of rotatable bonds is 3. The fraction of sp³-hybridized carbons (Fsp3) is 0.231. The summed E-state index contributed by atoms with van der Waals surface area (Å²) in [5.74, 6) is 1.96. The molecule has 0 aliphatic carbocycles. The monoisotopic (exact) mass is 264 g/mol. The maximum Gasteiger partial charge on any atom is 0.118 e. The fourth-order valence-corrected chi connectivity index (χ4v) is 2.16. The second-order valence-corrected chi connectivity index (χ2v) is 4.71. The summed E-state index contributed by atoms with van der Waals surface area (Å²) in [6.45, 7) is 1.96. The summed E-state index contributed by atoms with van der Waals surface area (Å²) in [6.07, 6.45) is 0.952. The summed E-state index contributed by atoms with van der Waals surface area (Å²) in [5.41, 5.74) is 1.31. The first kappa shape index (κ1) is 10.5. The van der Waals surface area contributed by atoms with E-state index in [0.29, 0.717) is 0 Å². The summed E-state index contributed by atoms with van der Waals surface area (Å²) >= 11 is 3.64. The summed E-state index contributed by atoms with van der Waals surface area (Å²) in [6, 6.07) is 14.4. The quantitative estimate of drug-likeness (QED) is 0.755. The van der Waals surface area contributed by atoms with E-state index in [9.17, 15) is 0 Å². The number of halogens is 1. The van der Waals surface area contributed by atoms with Gasteiger partial charge in [-0.3, -0.25) is 0 Å². The largest absolute Gasteiger partial charge is 0.465 e. The molecule has 1 atom stereocenters. The minimum Gasteiger partial charge on any atom is -0.465 e. The molecule has 0 aliphatic heterocycles. The van der Waals surface area contributed by atoms with E-state index in [1.54, 1.807) is 0 Å². The van der Waals surface area contributed by atoms with Gasteiger partial charge in [0, 0.05) is 0 Å². The molecule has 1 aromatic heterocycles. The first-order valence-electron chi connectivity index (χ1n) is 5.00. The Morgan fingerprint density at radius 1 is 1.13 bits per heavy atom. The maximum atomic E-state index is 5.57. The maximum absolute atomic E-state index is 5.57. The number of hydrogen-bond donors (Lipinski definition) is 0. The molecule has 0 aliphatic rings. The predicted molar refractivity (Wildman–Crippen MR) is 65.3 cm³/mol. The molecule has 2 rings (SSSR count). The van der Waals surface area contributed by atoms with Crippen LogP contribution in [-0.2, 0) is 6.42 Å². The molecule has 78 valence electrons. The lowest BCUT2D eigenvalue weighted by Gasteiger charge is -2.06. The minimum atomic E-state index is 0.258. The molecular weight excluding hydrogens is 252 g/mol. The number of furan rings is 1. The molecular formula is C13H13BrO. The molecule has 2 aromatic rings. The second kappa shape index (κ2) is 4.67. The van der Waals surface area contributed by atoms with Crippen molar-refractivity contribution in [3.63, 3.8) is 0 Å². The Morgan fingerprint density at radius 2 is 1.87 bits per heavy atom. The lowest BCUT2D eigenvalue weighted by Crippen LogP contribution is -1.93. The van der Waals surface area contributed by atoms with Crippen molar-refractivity contribution >= 4 is 15.9 Å². The van der Waals surface area contributed by atoms with E-state index >= 15 is 0 Å². The van der Waals surface area contributed by atoms with Crippen LogP contribution in [0.15, 0.2) is 46.9 Å². The van der Waals surface area contributed by atoms with Crippen LogP contribution in [0, 0.1) is 6.92 Å². The third-order valence-corrected chi connectivity index (χ3v) is 3.10. The van der Waals surface area contributed by atoms with Crippen molar-refractivity contribution in [2.75, 3.05) is 0 Å². The first-order valence-corrected chi connectivity index (χ1v) is 5.91. The van der Waals surface area contributed by atoms with Crippen molar-refractivity contribution in [3.05, 3.63) is 59.5 Å². The Morgan fingerprint density at radius 3 is 2.47 bits per heavy atom. The van der Waals surface area contributed by atoms with Crippen LogP contribution in [0.1, 0.15) is 21.9 Å². The Bertz CT molecular complexity index is 419. The highest BCUT2D eigenvalue weighted by atomic mass is 79.9. The molecule has 15 heavy (non-hydrogen) atoms. The van der Waals surface area contributed by atoms with E-state index in [-0.39, 0.29) is 4.83 Å². The normalized spacial score (nSPS) is 12.7. The van der Waals surface area contributed by atoms with Gasteiger partial charge in [0.2, 0.25) is 0 Å². The number of benzene rings is 1. The highest BCUT2D eigenvalue weighted by Crippen LogP contribution is 2.28. The molecule has 2 heteroatoms. The van der Waals surface area contributed by atoms with Crippen LogP contribution in [0.25, 0.3) is 0 Å². The zero-order chi connectivity index (χ0) is 10.7. The van der Waals surface area contributed by atoms with Crippen LogP contribution in [0.2, 0.25) is 0 Å². The highest BCUT2D eigenvalue weighted by Gasteiger charge is 2.11. The topological polar surface area (TPSA) is 13.1 Å². The van der Waals surface area contributed by atoms with Gasteiger partial charge in [0.25, 0.3) is 0 Å². The van der Waals surface area contributed by atoms with Gasteiger partial charge in [-0.2, -0.15) is 0 Å². The van der Waals surface area contributed by atoms with Crippen molar-refractivity contribution in [2.24, 2.45) is 0 Å². The summed E-state index contributed by atoms with van der Waals surface area (Å²) in [5, 5.41) is 0. The van der Waals surface area contributed by atoms with Crippen molar-refractivity contribution in [2.45, 2.75) is 18.2 Å². The summed E-state index contributed by atoms with van der Waals surface area (Å²) < 4.78 is 5.57. The Hall–Kier alpha value is -1.02. The van der Waals surface area contributed by atoms with Gasteiger partial charge in [-0.15, -0.1) is 0 Å². The molecule has 0 N–H and O–H groups in total. The van der Waals surface area contributed by atoms with Gasteiger partial charge in [0.1, 0.15) is 11.5 Å². The van der Waals surface area contributed by atoms with Crippen LogP contribution in [0.4, 0.5) is 0 Å². The number of hydrogen-bond acceptors (Lipinski definition) is 1. The highest BCUT2D eigenvalue weighted by molar-refractivity contribution is 9.09. The molecule has 0 bridgehead atoms. The lowest BCUT2D eigenvalue weighted by atomic mass is 10.1.